The van der Waals surface area contributed by atoms with Crippen molar-refractivity contribution >= 4 is 21.6 Å². The molecule has 0 saturated carbocycles. The summed E-state index contributed by atoms with van der Waals surface area (Å²) in [6.45, 7) is 6.54. The molecule has 4 rings (SSSR count). The number of nitrogens with zero attached hydrogens (tertiary/aromatic N) is 2. The molecular weight excluding hydrogens is 383 g/mol. The van der Waals surface area contributed by atoms with Crippen LogP contribution in [-0.4, -0.2) is 9.55 Å². The van der Waals surface area contributed by atoms with Gasteiger partial charge in [0.05, 0.1) is 11.9 Å². The van der Waals surface area contributed by atoms with E-state index in [0.29, 0.717) is 18.4 Å². The second-order valence-corrected chi connectivity index (χ2v) is 8.29. The summed E-state index contributed by atoms with van der Waals surface area (Å²) in [5.41, 5.74) is 5.06. The van der Waals surface area contributed by atoms with E-state index in [0.717, 1.165) is 33.8 Å². The number of thiophene rings is 1. The van der Waals surface area contributed by atoms with Gasteiger partial charge in [0.1, 0.15) is 16.5 Å². The van der Waals surface area contributed by atoms with E-state index in [1.54, 1.807) is 10.6 Å². The second-order valence-electron chi connectivity index (χ2n) is 7.43. The van der Waals surface area contributed by atoms with Crippen molar-refractivity contribution in [2.24, 2.45) is 0 Å². The van der Waals surface area contributed by atoms with Crippen LogP contribution in [0, 0.1) is 19.7 Å². The van der Waals surface area contributed by atoms with Gasteiger partial charge in [-0.1, -0.05) is 37.3 Å². The predicted molar refractivity (Wildman–Crippen MR) is 118 cm³/mol. The quantitative estimate of drug-likeness (QED) is 0.415. The topological polar surface area (TPSA) is 34.9 Å². The third kappa shape index (κ3) is 3.75. The number of aryl methyl sites for hydroxylation is 3. The number of halogens is 1. The Morgan fingerprint density at radius 3 is 2.66 bits per heavy atom. The molecule has 3 nitrogen and oxygen atoms in total. The molecule has 0 aliphatic heterocycles. The lowest BCUT2D eigenvalue weighted by Crippen LogP contribution is -2.25. The van der Waals surface area contributed by atoms with Crippen LogP contribution in [0.1, 0.15) is 35.9 Å². The molecule has 0 N–H and O–H groups in total. The number of hydrogen-bond acceptors (Lipinski definition) is 3. The van der Waals surface area contributed by atoms with Gasteiger partial charge in [0.25, 0.3) is 5.56 Å². The highest BCUT2D eigenvalue weighted by molar-refractivity contribution is 7.17. The summed E-state index contributed by atoms with van der Waals surface area (Å²) in [5, 5.41) is 2.67. The van der Waals surface area contributed by atoms with Crippen molar-refractivity contribution in [1.29, 1.82) is 0 Å². The van der Waals surface area contributed by atoms with Gasteiger partial charge in [0, 0.05) is 17.4 Å². The molecule has 0 atom stereocenters. The molecule has 5 heteroatoms. The van der Waals surface area contributed by atoms with Gasteiger partial charge in [-0.3, -0.25) is 9.36 Å². The Bertz CT molecular complexity index is 1260. The zero-order chi connectivity index (χ0) is 20.5. The molecule has 2 aromatic heterocycles. The second kappa shape index (κ2) is 7.91. The van der Waals surface area contributed by atoms with Crippen molar-refractivity contribution in [3.63, 3.8) is 0 Å². The summed E-state index contributed by atoms with van der Waals surface area (Å²) in [4.78, 5) is 19.1. The van der Waals surface area contributed by atoms with E-state index in [2.05, 4.69) is 39.0 Å². The zero-order valence-electron chi connectivity index (χ0n) is 16.8. The van der Waals surface area contributed by atoms with E-state index < -0.39 is 0 Å². The van der Waals surface area contributed by atoms with Crippen LogP contribution in [0.15, 0.2) is 52.6 Å². The first-order valence-corrected chi connectivity index (χ1v) is 10.7. The van der Waals surface area contributed by atoms with Crippen molar-refractivity contribution < 1.29 is 4.39 Å². The normalized spacial score (nSPS) is 11.3. The van der Waals surface area contributed by atoms with Crippen molar-refractivity contribution in [3.8, 4) is 11.1 Å². The van der Waals surface area contributed by atoms with Crippen molar-refractivity contribution in [2.45, 2.75) is 40.2 Å². The first kappa shape index (κ1) is 19.5. The third-order valence-electron chi connectivity index (χ3n) is 5.29. The minimum Gasteiger partial charge on any atom is -0.292 e. The van der Waals surface area contributed by atoms with Gasteiger partial charge in [-0.05, 0) is 54.7 Å². The van der Waals surface area contributed by atoms with E-state index >= 15 is 0 Å². The van der Waals surface area contributed by atoms with Crippen LogP contribution in [0.25, 0.3) is 21.3 Å². The molecule has 0 spiro atoms. The number of rotatable bonds is 5. The van der Waals surface area contributed by atoms with Gasteiger partial charge in [-0.25, -0.2) is 9.37 Å². The Morgan fingerprint density at radius 1 is 1.10 bits per heavy atom. The largest absolute Gasteiger partial charge is 0.292 e. The minimum absolute atomic E-state index is 0.0582. The summed E-state index contributed by atoms with van der Waals surface area (Å²) >= 11 is 1.51. The molecule has 2 aromatic carbocycles. The van der Waals surface area contributed by atoms with Crippen LogP contribution in [0.5, 0.6) is 0 Å². The number of hydrogen-bond donors (Lipinski definition) is 0. The molecule has 0 unspecified atom stereocenters. The highest BCUT2D eigenvalue weighted by Gasteiger charge is 2.17. The lowest BCUT2D eigenvalue weighted by molar-refractivity contribution is 0.618. The predicted octanol–water partition coefficient (Wildman–Crippen LogP) is 5.88. The Kier molecular flexibility index (Phi) is 5.33. The van der Waals surface area contributed by atoms with Crippen LogP contribution >= 0.6 is 11.3 Å². The first-order chi connectivity index (χ1) is 14.0. The van der Waals surface area contributed by atoms with Gasteiger partial charge in [-0.15, -0.1) is 11.3 Å². The van der Waals surface area contributed by atoms with Crippen LogP contribution < -0.4 is 5.56 Å². The average Bonchev–Trinajstić information content (AvgIpc) is 3.11. The summed E-state index contributed by atoms with van der Waals surface area (Å²) in [7, 11) is 0. The first-order valence-electron chi connectivity index (χ1n) is 9.81. The fraction of sp³-hybridized carbons (Fsp3) is 0.250. The van der Waals surface area contributed by atoms with Crippen molar-refractivity contribution in [1.82, 2.24) is 9.55 Å². The highest BCUT2D eigenvalue weighted by Crippen LogP contribution is 2.32. The molecule has 0 amide bonds. The van der Waals surface area contributed by atoms with Crippen LogP contribution in [-0.2, 0) is 13.0 Å². The molecule has 29 heavy (non-hydrogen) atoms. The highest BCUT2D eigenvalue weighted by atomic mass is 32.1. The van der Waals surface area contributed by atoms with Crippen LogP contribution in [0.4, 0.5) is 4.39 Å². The molecule has 0 fully saturated rings. The van der Waals surface area contributed by atoms with Gasteiger partial charge < -0.3 is 0 Å². The molecule has 0 aliphatic carbocycles. The number of aromatic nitrogens is 2. The minimum atomic E-state index is -0.298. The SMILES string of the molecule is CCCc1nc2scc(-c3ccc(C)c(C)c3)c2c(=O)n1Cc1cccc(F)c1. The fourth-order valence-corrected chi connectivity index (χ4v) is 4.54. The van der Waals surface area contributed by atoms with E-state index in [1.165, 1.54) is 34.6 Å². The Morgan fingerprint density at radius 2 is 1.93 bits per heavy atom. The zero-order valence-corrected chi connectivity index (χ0v) is 17.6. The maximum absolute atomic E-state index is 13.7. The Balaban J connectivity index is 1.91. The summed E-state index contributed by atoms with van der Waals surface area (Å²) in [6, 6.07) is 12.7. The number of fused-ring (bicyclic) bond motifs is 1. The van der Waals surface area contributed by atoms with Crippen LogP contribution in [0.3, 0.4) is 0 Å². The summed E-state index contributed by atoms with van der Waals surface area (Å²) < 4.78 is 15.4. The smallest absolute Gasteiger partial charge is 0.263 e. The lowest BCUT2D eigenvalue weighted by atomic mass is 10.0. The Labute approximate surface area is 173 Å². The molecule has 4 aromatic rings. The monoisotopic (exact) mass is 406 g/mol. The maximum atomic E-state index is 13.7. The number of benzene rings is 2. The molecule has 0 bridgehead atoms. The van der Waals surface area contributed by atoms with Gasteiger partial charge in [0.15, 0.2) is 0 Å². The molecule has 0 aliphatic rings. The van der Waals surface area contributed by atoms with Gasteiger partial charge in [-0.2, -0.15) is 0 Å². The van der Waals surface area contributed by atoms with Gasteiger partial charge in [0.2, 0.25) is 0 Å². The average molecular weight is 407 g/mol. The molecule has 0 saturated heterocycles. The summed E-state index contributed by atoms with van der Waals surface area (Å²) in [5.74, 6) is 0.454. The van der Waals surface area contributed by atoms with Gasteiger partial charge >= 0.3 is 0 Å². The van der Waals surface area contributed by atoms with E-state index in [1.807, 2.05) is 11.4 Å². The molecule has 148 valence electrons. The van der Waals surface area contributed by atoms with E-state index in [9.17, 15) is 9.18 Å². The molecular formula is C24H23FN2OS. The fourth-order valence-electron chi connectivity index (χ4n) is 3.58. The van der Waals surface area contributed by atoms with Crippen molar-refractivity contribution in [2.75, 3.05) is 0 Å². The Hall–Kier alpha value is -2.79. The molecule has 2 heterocycles. The van der Waals surface area contributed by atoms with E-state index in [-0.39, 0.29) is 11.4 Å². The van der Waals surface area contributed by atoms with Crippen molar-refractivity contribution in [3.05, 3.63) is 86.5 Å². The maximum Gasteiger partial charge on any atom is 0.263 e. The third-order valence-corrected chi connectivity index (χ3v) is 6.17. The lowest BCUT2D eigenvalue weighted by Gasteiger charge is -2.13. The van der Waals surface area contributed by atoms with Crippen LogP contribution in [0.2, 0.25) is 0 Å². The van der Waals surface area contributed by atoms with E-state index in [4.69, 9.17) is 4.98 Å². The standard InChI is InChI=1S/C24H23FN2OS/c1-4-6-21-26-23-22(20(14-29-23)18-10-9-15(2)16(3)11-18)24(28)27(21)13-17-7-5-8-19(25)12-17/h5,7-12,14H,4,6,13H2,1-3H3. The molecule has 0 radical (unpaired) electrons. The summed E-state index contributed by atoms with van der Waals surface area (Å²) in [6.07, 6.45) is 1.59.